The van der Waals surface area contributed by atoms with E-state index in [0.29, 0.717) is 9.58 Å². The number of alkyl halides is 3. The molecule has 0 nitrogen and oxygen atoms in total. The fourth-order valence-electron chi connectivity index (χ4n) is 2.10. The first-order valence-corrected chi connectivity index (χ1v) is 6.98. The SMILES string of the molecule is Cc1cccc2c1cc(C(C)(C)C)[s+]2C(F)(F)F. The van der Waals surface area contributed by atoms with E-state index < -0.39 is 21.4 Å². The van der Waals surface area contributed by atoms with Gasteiger partial charge in [0.2, 0.25) is 0 Å². The third kappa shape index (κ3) is 2.14. The van der Waals surface area contributed by atoms with Gasteiger partial charge in [-0.05, 0) is 18.6 Å². The summed E-state index contributed by atoms with van der Waals surface area (Å²) in [7, 11) is -1.78. The summed E-state index contributed by atoms with van der Waals surface area (Å²) in [5, 5.41) is 0.753. The molecular formula is C14H16F3S+. The van der Waals surface area contributed by atoms with Crippen molar-refractivity contribution in [3.63, 3.8) is 0 Å². The van der Waals surface area contributed by atoms with Crippen LogP contribution in [-0.2, 0) is 10.9 Å². The fraction of sp³-hybridized carbons (Fsp3) is 0.429. The van der Waals surface area contributed by atoms with Crippen LogP contribution in [-0.4, -0.2) is 0 Å². The van der Waals surface area contributed by atoms with Gasteiger partial charge in [-0.2, -0.15) is 0 Å². The zero-order valence-electron chi connectivity index (χ0n) is 10.9. The van der Waals surface area contributed by atoms with Crippen molar-refractivity contribution in [2.24, 2.45) is 0 Å². The Morgan fingerprint density at radius 3 is 2.17 bits per heavy atom. The van der Waals surface area contributed by atoms with Gasteiger partial charge in [0.1, 0.15) is 0 Å². The molecule has 0 N–H and O–H groups in total. The summed E-state index contributed by atoms with van der Waals surface area (Å²) in [6, 6.07) is 6.91. The molecule has 0 amide bonds. The lowest BCUT2D eigenvalue weighted by atomic mass is 9.94. The van der Waals surface area contributed by atoms with E-state index >= 15 is 0 Å². The van der Waals surface area contributed by atoms with Crippen molar-refractivity contribution in [2.75, 3.05) is 0 Å². The smallest absolute Gasteiger partial charge is 0.118 e. The van der Waals surface area contributed by atoms with E-state index in [1.54, 1.807) is 18.2 Å². The Bertz CT molecular complexity index is 585. The van der Waals surface area contributed by atoms with Crippen molar-refractivity contribution < 1.29 is 13.2 Å². The predicted octanol–water partition coefficient (Wildman–Crippen LogP) is 5.67. The summed E-state index contributed by atoms with van der Waals surface area (Å²) in [6.07, 6.45) is 0. The molecule has 0 radical (unpaired) electrons. The van der Waals surface area contributed by atoms with Gasteiger partial charge in [0.15, 0.2) is 9.58 Å². The van der Waals surface area contributed by atoms with Crippen LogP contribution in [0.3, 0.4) is 0 Å². The second-order valence-electron chi connectivity index (χ2n) is 5.50. The molecule has 2 aromatic rings. The maximum atomic E-state index is 13.3. The zero-order valence-corrected chi connectivity index (χ0v) is 11.7. The van der Waals surface area contributed by atoms with Crippen molar-refractivity contribution in [1.82, 2.24) is 0 Å². The van der Waals surface area contributed by atoms with Gasteiger partial charge in [-0.25, -0.2) is 0 Å². The third-order valence-electron chi connectivity index (χ3n) is 2.97. The summed E-state index contributed by atoms with van der Waals surface area (Å²) in [5.74, 6) is 0. The summed E-state index contributed by atoms with van der Waals surface area (Å²) in [5.41, 5.74) is -3.75. The van der Waals surface area contributed by atoms with Crippen LogP contribution in [0.4, 0.5) is 13.2 Å². The van der Waals surface area contributed by atoms with Gasteiger partial charge in [-0.3, -0.25) is 0 Å². The highest BCUT2D eigenvalue weighted by molar-refractivity contribution is 7.38. The van der Waals surface area contributed by atoms with E-state index in [0.717, 1.165) is 10.9 Å². The molecule has 98 valence electrons. The molecule has 1 aromatic heterocycles. The van der Waals surface area contributed by atoms with E-state index in [-0.39, 0.29) is 0 Å². The standard InChI is InChI=1S/C14H16F3S/c1-9-6-5-7-11-10(9)8-12(13(2,3)4)18(11)14(15,16)17/h5-8H,1-4H3/q+1. The lowest BCUT2D eigenvalue weighted by Crippen LogP contribution is -2.12. The first-order chi connectivity index (χ1) is 8.12. The van der Waals surface area contributed by atoms with Gasteiger partial charge in [0.05, 0.1) is 10.5 Å². The normalized spacial score (nSPS) is 14.3. The van der Waals surface area contributed by atoms with Crippen LogP contribution >= 0.6 is 10.5 Å². The largest absolute Gasteiger partial charge is 0.600 e. The highest BCUT2D eigenvalue weighted by atomic mass is 32.2. The van der Waals surface area contributed by atoms with Gasteiger partial charge >= 0.3 is 5.51 Å². The van der Waals surface area contributed by atoms with Crippen LogP contribution in [0.1, 0.15) is 31.2 Å². The Morgan fingerprint density at radius 2 is 1.67 bits per heavy atom. The topological polar surface area (TPSA) is 0 Å². The lowest BCUT2D eigenvalue weighted by Gasteiger charge is -2.13. The molecule has 0 saturated carbocycles. The highest BCUT2D eigenvalue weighted by Gasteiger charge is 2.50. The molecule has 0 aliphatic carbocycles. The molecule has 2 rings (SSSR count). The number of benzene rings is 1. The van der Waals surface area contributed by atoms with Crippen molar-refractivity contribution in [1.29, 1.82) is 0 Å². The summed E-state index contributed by atoms with van der Waals surface area (Å²) < 4.78 is 40.4. The Balaban J connectivity index is 2.91. The van der Waals surface area contributed by atoms with Gasteiger partial charge in [-0.15, -0.1) is 13.2 Å². The van der Waals surface area contributed by atoms with Gasteiger partial charge in [0, 0.05) is 16.9 Å². The zero-order chi connectivity index (χ0) is 13.7. The van der Waals surface area contributed by atoms with Crippen LogP contribution in [0.15, 0.2) is 24.3 Å². The maximum absolute atomic E-state index is 13.3. The number of halogens is 3. The number of thiophene rings is 1. The molecule has 1 heterocycles. The second-order valence-corrected chi connectivity index (χ2v) is 7.45. The minimum absolute atomic E-state index is 0.424. The summed E-state index contributed by atoms with van der Waals surface area (Å²) >= 11 is 0. The van der Waals surface area contributed by atoms with Crippen LogP contribution in [0.5, 0.6) is 0 Å². The quantitative estimate of drug-likeness (QED) is 0.542. The molecule has 1 unspecified atom stereocenters. The summed E-state index contributed by atoms with van der Waals surface area (Å²) in [6.45, 7) is 7.38. The Labute approximate surface area is 107 Å². The minimum Gasteiger partial charge on any atom is -0.118 e. The lowest BCUT2D eigenvalue weighted by molar-refractivity contribution is -0.0869. The molecule has 0 aliphatic rings. The van der Waals surface area contributed by atoms with Crippen molar-refractivity contribution >= 4 is 20.6 Å². The van der Waals surface area contributed by atoms with Crippen LogP contribution in [0.2, 0.25) is 0 Å². The molecule has 0 fully saturated rings. The van der Waals surface area contributed by atoms with Crippen LogP contribution < -0.4 is 0 Å². The molecule has 0 aliphatic heterocycles. The first kappa shape index (κ1) is 13.4. The number of rotatable bonds is 0. The highest BCUT2D eigenvalue weighted by Crippen LogP contribution is 2.54. The molecular weight excluding hydrogens is 257 g/mol. The molecule has 0 saturated heterocycles. The molecule has 0 spiro atoms. The predicted molar refractivity (Wildman–Crippen MR) is 71.2 cm³/mol. The van der Waals surface area contributed by atoms with Crippen LogP contribution in [0.25, 0.3) is 10.1 Å². The van der Waals surface area contributed by atoms with E-state index in [1.807, 2.05) is 33.8 Å². The maximum Gasteiger partial charge on any atom is 0.600 e. The Kier molecular flexibility index (Phi) is 2.97. The van der Waals surface area contributed by atoms with E-state index in [1.165, 1.54) is 0 Å². The van der Waals surface area contributed by atoms with Gasteiger partial charge < -0.3 is 0 Å². The molecule has 1 aromatic carbocycles. The first-order valence-electron chi connectivity index (χ1n) is 5.75. The molecule has 18 heavy (non-hydrogen) atoms. The van der Waals surface area contributed by atoms with Gasteiger partial charge in [-0.1, -0.05) is 32.9 Å². The van der Waals surface area contributed by atoms with E-state index in [9.17, 15) is 13.2 Å². The van der Waals surface area contributed by atoms with Crippen molar-refractivity contribution in [3.8, 4) is 0 Å². The van der Waals surface area contributed by atoms with Crippen molar-refractivity contribution in [2.45, 2.75) is 38.6 Å². The number of fused-ring (bicyclic) bond motifs is 1. The third-order valence-corrected chi connectivity index (χ3v) is 5.40. The van der Waals surface area contributed by atoms with E-state index in [2.05, 4.69) is 0 Å². The number of hydrogen-bond acceptors (Lipinski definition) is 0. The number of hydrogen-bond donors (Lipinski definition) is 0. The minimum atomic E-state index is -4.20. The van der Waals surface area contributed by atoms with Crippen LogP contribution in [0, 0.1) is 6.92 Å². The average Bonchev–Trinajstić information content (AvgIpc) is 2.56. The Hall–Kier alpha value is -1.03. The number of aryl methyl sites for hydroxylation is 1. The Morgan fingerprint density at radius 1 is 1.06 bits per heavy atom. The van der Waals surface area contributed by atoms with E-state index in [4.69, 9.17) is 0 Å². The monoisotopic (exact) mass is 273 g/mol. The second kappa shape index (κ2) is 3.98. The average molecular weight is 273 g/mol. The van der Waals surface area contributed by atoms with Crippen molar-refractivity contribution in [3.05, 3.63) is 34.7 Å². The fourth-order valence-corrected chi connectivity index (χ4v) is 4.34. The molecule has 4 heteroatoms. The summed E-state index contributed by atoms with van der Waals surface area (Å²) in [4.78, 5) is 0.485. The molecule has 0 bridgehead atoms. The van der Waals surface area contributed by atoms with Gasteiger partial charge in [0.25, 0.3) is 0 Å². The molecule has 1 atom stereocenters.